The average Bonchev–Trinajstić information content (AvgIpc) is 3.44. The lowest BCUT2D eigenvalue weighted by Gasteiger charge is -2.30. The predicted octanol–water partition coefficient (Wildman–Crippen LogP) is 8.18. The minimum absolute atomic E-state index is 0.294. The van der Waals surface area contributed by atoms with Crippen molar-refractivity contribution in [1.82, 2.24) is 9.97 Å². The van der Waals surface area contributed by atoms with E-state index < -0.39 is 11.7 Å². The van der Waals surface area contributed by atoms with Gasteiger partial charge in [-0.15, -0.1) is 0 Å². The molecule has 2 aromatic carbocycles. The van der Waals surface area contributed by atoms with Gasteiger partial charge in [-0.05, 0) is 74.6 Å². The molecule has 0 atom stereocenters. The van der Waals surface area contributed by atoms with Crippen LogP contribution in [0.4, 0.5) is 24.8 Å². The van der Waals surface area contributed by atoms with Crippen molar-refractivity contribution in [3.05, 3.63) is 95.2 Å². The van der Waals surface area contributed by atoms with E-state index >= 15 is 0 Å². The van der Waals surface area contributed by atoms with Crippen LogP contribution in [-0.4, -0.2) is 23.1 Å². The summed E-state index contributed by atoms with van der Waals surface area (Å²) in [5.41, 5.74) is 2.55. The lowest BCUT2D eigenvalue weighted by molar-refractivity contribution is -0.137. The van der Waals surface area contributed by atoms with Gasteiger partial charge in [-0.2, -0.15) is 13.2 Å². The molecular formula is C32H35F3N4. The highest BCUT2D eigenvalue weighted by Crippen LogP contribution is 2.33. The molecule has 0 radical (unpaired) electrons. The molecule has 4 nitrogen and oxygen atoms in total. The molecule has 0 spiro atoms. The van der Waals surface area contributed by atoms with E-state index in [1.165, 1.54) is 37.8 Å². The number of alkyl halides is 3. The third kappa shape index (κ3) is 6.52. The summed E-state index contributed by atoms with van der Waals surface area (Å²) in [5, 5.41) is 1.05. The van der Waals surface area contributed by atoms with E-state index in [-0.39, 0.29) is 0 Å². The molecule has 1 aliphatic carbocycles. The van der Waals surface area contributed by atoms with Gasteiger partial charge in [-0.3, -0.25) is 0 Å². The Morgan fingerprint density at radius 2 is 1.67 bits per heavy atom. The summed E-state index contributed by atoms with van der Waals surface area (Å²) in [6.07, 6.45) is 2.38. The van der Waals surface area contributed by atoms with Crippen molar-refractivity contribution in [2.75, 3.05) is 22.9 Å². The Balaban J connectivity index is 1.55. The molecule has 0 amide bonds. The molecule has 4 aromatic rings. The SMILES string of the molecule is CCN(CC1CCCC1)c1nc2ccccc2cc1CN(Cc1cc(C)cc(C(F)(F)F)c1)c1ccccn1. The molecule has 1 aliphatic rings. The second-order valence-electron chi connectivity index (χ2n) is 10.6. The Bertz CT molecular complexity index is 1400. The van der Waals surface area contributed by atoms with E-state index in [1.807, 2.05) is 47.4 Å². The monoisotopic (exact) mass is 532 g/mol. The highest BCUT2D eigenvalue weighted by atomic mass is 19.4. The number of aryl methyl sites for hydroxylation is 1. The molecule has 39 heavy (non-hydrogen) atoms. The number of rotatable bonds is 9. The van der Waals surface area contributed by atoms with Crippen molar-refractivity contribution in [1.29, 1.82) is 0 Å². The number of hydrogen-bond acceptors (Lipinski definition) is 4. The van der Waals surface area contributed by atoms with Gasteiger partial charge in [0.05, 0.1) is 11.1 Å². The molecule has 2 aromatic heterocycles. The van der Waals surface area contributed by atoms with Gasteiger partial charge >= 0.3 is 6.18 Å². The second kappa shape index (κ2) is 11.6. The quantitative estimate of drug-likeness (QED) is 0.218. The van der Waals surface area contributed by atoms with Crippen LogP contribution >= 0.6 is 0 Å². The van der Waals surface area contributed by atoms with Crippen LogP contribution in [0.3, 0.4) is 0 Å². The normalized spacial score (nSPS) is 14.2. The molecule has 5 rings (SSSR count). The third-order valence-corrected chi connectivity index (χ3v) is 7.59. The van der Waals surface area contributed by atoms with Crippen molar-refractivity contribution in [3.63, 3.8) is 0 Å². The molecule has 0 N–H and O–H groups in total. The minimum atomic E-state index is -4.39. The van der Waals surface area contributed by atoms with Crippen molar-refractivity contribution in [2.45, 2.75) is 58.8 Å². The zero-order chi connectivity index (χ0) is 27.4. The van der Waals surface area contributed by atoms with E-state index in [0.717, 1.165) is 35.4 Å². The standard InChI is InChI=1S/C32H35F3N4/c1-3-38(20-24-10-4-5-11-24)31-27(19-26-12-6-7-13-29(26)37-31)22-39(30-14-8-9-15-36-30)21-25-16-23(2)17-28(18-25)32(33,34)35/h6-9,12-19,24H,3-5,10-11,20-22H2,1-2H3. The Kier molecular flexibility index (Phi) is 8.05. The van der Waals surface area contributed by atoms with Crippen molar-refractivity contribution >= 4 is 22.5 Å². The number of hydrogen-bond donors (Lipinski definition) is 0. The fourth-order valence-corrected chi connectivity index (χ4v) is 5.71. The van der Waals surface area contributed by atoms with Gasteiger partial charge in [0, 0.05) is 43.3 Å². The Labute approximate surface area is 228 Å². The van der Waals surface area contributed by atoms with Crippen molar-refractivity contribution in [2.24, 2.45) is 5.92 Å². The maximum absolute atomic E-state index is 13.6. The molecule has 204 valence electrons. The van der Waals surface area contributed by atoms with Crippen LogP contribution in [0.15, 0.2) is 72.9 Å². The van der Waals surface area contributed by atoms with Crippen LogP contribution in [0.1, 0.15) is 54.9 Å². The zero-order valence-electron chi connectivity index (χ0n) is 22.6. The second-order valence-corrected chi connectivity index (χ2v) is 10.6. The number of benzene rings is 2. The first-order chi connectivity index (χ1) is 18.8. The van der Waals surface area contributed by atoms with Gasteiger partial charge in [-0.25, -0.2) is 9.97 Å². The van der Waals surface area contributed by atoms with Crippen LogP contribution in [0.25, 0.3) is 10.9 Å². The minimum Gasteiger partial charge on any atom is -0.356 e. The number of halogens is 3. The van der Waals surface area contributed by atoms with Crippen molar-refractivity contribution < 1.29 is 13.2 Å². The van der Waals surface area contributed by atoms with Gasteiger partial charge < -0.3 is 9.80 Å². The fourth-order valence-electron chi connectivity index (χ4n) is 5.71. The van der Waals surface area contributed by atoms with Gasteiger partial charge in [0.25, 0.3) is 0 Å². The molecular weight excluding hydrogens is 497 g/mol. The van der Waals surface area contributed by atoms with E-state index in [2.05, 4.69) is 28.9 Å². The molecule has 0 unspecified atom stereocenters. The first kappa shape index (κ1) is 27.0. The largest absolute Gasteiger partial charge is 0.416 e. The Hall–Kier alpha value is -3.61. The van der Waals surface area contributed by atoms with Gasteiger partial charge in [-0.1, -0.05) is 48.7 Å². The van der Waals surface area contributed by atoms with Crippen LogP contribution in [0.2, 0.25) is 0 Å². The average molecular weight is 533 g/mol. The van der Waals surface area contributed by atoms with Crippen LogP contribution in [-0.2, 0) is 19.3 Å². The zero-order valence-corrected chi connectivity index (χ0v) is 22.6. The van der Waals surface area contributed by atoms with Gasteiger partial charge in [0.15, 0.2) is 0 Å². The summed E-state index contributed by atoms with van der Waals surface area (Å²) >= 11 is 0. The molecule has 0 aliphatic heterocycles. The van der Waals surface area contributed by atoms with E-state index in [0.29, 0.717) is 36.0 Å². The summed E-state index contributed by atoms with van der Waals surface area (Å²) in [7, 11) is 0. The van der Waals surface area contributed by atoms with Crippen LogP contribution in [0, 0.1) is 12.8 Å². The summed E-state index contributed by atoms with van der Waals surface area (Å²) in [5.74, 6) is 2.32. The predicted molar refractivity (Wildman–Crippen MR) is 152 cm³/mol. The summed E-state index contributed by atoms with van der Waals surface area (Å²) < 4.78 is 40.8. The number of para-hydroxylation sites is 1. The number of anilines is 2. The van der Waals surface area contributed by atoms with Gasteiger partial charge in [0.2, 0.25) is 0 Å². The summed E-state index contributed by atoms with van der Waals surface area (Å²) in [6, 6.07) is 20.2. The highest BCUT2D eigenvalue weighted by molar-refractivity contribution is 5.82. The maximum Gasteiger partial charge on any atom is 0.416 e. The highest BCUT2D eigenvalue weighted by Gasteiger charge is 2.31. The fraction of sp³-hybridized carbons (Fsp3) is 0.375. The Morgan fingerprint density at radius 1 is 0.897 bits per heavy atom. The van der Waals surface area contributed by atoms with Crippen LogP contribution < -0.4 is 9.80 Å². The van der Waals surface area contributed by atoms with E-state index in [4.69, 9.17) is 4.98 Å². The van der Waals surface area contributed by atoms with E-state index in [9.17, 15) is 13.2 Å². The Morgan fingerprint density at radius 3 is 2.38 bits per heavy atom. The smallest absolute Gasteiger partial charge is 0.356 e. The van der Waals surface area contributed by atoms with E-state index in [1.54, 1.807) is 13.1 Å². The maximum atomic E-state index is 13.6. The number of nitrogens with zero attached hydrogens (tertiary/aromatic N) is 4. The first-order valence-corrected chi connectivity index (χ1v) is 13.8. The molecule has 7 heteroatoms. The number of aromatic nitrogens is 2. The van der Waals surface area contributed by atoms with Crippen molar-refractivity contribution in [3.8, 4) is 0 Å². The molecule has 1 fully saturated rings. The number of pyridine rings is 2. The molecule has 0 bridgehead atoms. The topological polar surface area (TPSA) is 32.3 Å². The first-order valence-electron chi connectivity index (χ1n) is 13.8. The lowest BCUT2D eigenvalue weighted by Crippen LogP contribution is -2.31. The third-order valence-electron chi connectivity index (χ3n) is 7.59. The van der Waals surface area contributed by atoms with Crippen LogP contribution in [0.5, 0.6) is 0 Å². The lowest BCUT2D eigenvalue weighted by atomic mass is 10.0. The summed E-state index contributed by atoms with van der Waals surface area (Å²) in [6.45, 7) is 6.44. The molecule has 1 saturated carbocycles. The summed E-state index contributed by atoms with van der Waals surface area (Å²) in [4.78, 5) is 14.1. The van der Waals surface area contributed by atoms with Gasteiger partial charge in [0.1, 0.15) is 11.6 Å². The molecule has 2 heterocycles. The molecule has 0 saturated heterocycles. The number of fused-ring (bicyclic) bond motifs is 1.